The Morgan fingerprint density at radius 1 is 1.41 bits per heavy atom. The van der Waals surface area contributed by atoms with Gasteiger partial charge in [0, 0.05) is 23.2 Å². The maximum Gasteiger partial charge on any atom is 0.127 e. The molecule has 17 heavy (non-hydrogen) atoms. The van der Waals surface area contributed by atoms with Gasteiger partial charge in [0.1, 0.15) is 5.82 Å². The van der Waals surface area contributed by atoms with E-state index in [4.69, 9.17) is 11.6 Å². The van der Waals surface area contributed by atoms with Crippen molar-refractivity contribution in [2.24, 2.45) is 0 Å². The Morgan fingerprint density at radius 2 is 2.12 bits per heavy atom. The fraction of sp³-hybridized carbons (Fsp3) is 0.538. The summed E-state index contributed by atoms with van der Waals surface area (Å²) in [4.78, 5) is 2.14. The molecular weight excluding hydrogens is 239 g/mol. The van der Waals surface area contributed by atoms with Crippen molar-refractivity contribution in [1.82, 2.24) is 10.2 Å². The molecule has 1 rings (SSSR count). The fourth-order valence-corrected chi connectivity index (χ4v) is 1.71. The number of hydrogen-bond acceptors (Lipinski definition) is 2. The molecule has 96 valence electrons. The van der Waals surface area contributed by atoms with Gasteiger partial charge in [-0.3, -0.25) is 0 Å². The van der Waals surface area contributed by atoms with Crippen molar-refractivity contribution >= 4 is 11.6 Å². The molecule has 1 aromatic rings. The summed E-state index contributed by atoms with van der Waals surface area (Å²) < 4.78 is 13.4. The predicted molar refractivity (Wildman–Crippen MR) is 70.9 cm³/mol. The molecule has 0 aliphatic heterocycles. The van der Waals surface area contributed by atoms with Crippen molar-refractivity contribution in [3.63, 3.8) is 0 Å². The molecule has 1 unspecified atom stereocenters. The van der Waals surface area contributed by atoms with Crippen molar-refractivity contribution in [3.05, 3.63) is 34.6 Å². The smallest absolute Gasteiger partial charge is 0.127 e. The summed E-state index contributed by atoms with van der Waals surface area (Å²) in [6.07, 6.45) is 1.04. The molecule has 0 fully saturated rings. The lowest BCUT2D eigenvalue weighted by atomic mass is 10.1. The number of rotatable bonds is 6. The van der Waals surface area contributed by atoms with Gasteiger partial charge in [-0.2, -0.15) is 0 Å². The van der Waals surface area contributed by atoms with Gasteiger partial charge >= 0.3 is 0 Å². The molecule has 2 nitrogen and oxygen atoms in total. The highest BCUT2D eigenvalue weighted by Gasteiger charge is 2.06. The standard InChI is InChI=1S/C13H20ClFN2/c1-10(6-7-17(2)3)16-9-11-8-12(14)4-5-13(11)15/h4-5,8,10,16H,6-7,9H2,1-3H3. The Bertz CT molecular complexity index is 355. The first kappa shape index (κ1) is 14.4. The molecule has 0 saturated carbocycles. The van der Waals surface area contributed by atoms with Crippen LogP contribution in [0.15, 0.2) is 18.2 Å². The van der Waals surface area contributed by atoms with Crippen LogP contribution in [0.4, 0.5) is 4.39 Å². The second-order valence-electron chi connectivity index (χ2n) is 4.61. The zero-order chi connectivity index (χ0) is 12.8. The van der Waals surface area contributed by atoms with Gasteiger partial charge in [0.05, 0.1) is 0 Å². The lowest BCUT2D eigenvalue weighted by molar-refractivity contribution is 0.365. The third kappa shape index (κ3) is 5.48. The minimum atomic E-state index is -0.207. The highest BCUT2D eigenvalue weighted by molar-refractivity contribution is 6.30. The highest BCUT2D eigenvalue weighted by atomic mass is 35.5. The van der Waals surface area contributed by atoms with Crippen LogP contribution in [0.2, 0.25) is 5.02 Å². The van der Waals surface area contributed by atoms with Crippen LogP contribution in [0, 0.1) is 5.82 Å². The van der Waals surface area contributed by atoms with E-state index < -0.39 is 0 Å². The Balaban J connectivity index is 2.41. The van der Waals surface area contributed by atoms with E-state index in [-0.39, 0.29) is 5.82 Å². The molecule has 0 radical (unpaired) electrons. The summed E-state index contributed by atoms with van der Waals surface area (Å²) in [6.45, 7) is 3.64. The molecule has 1 atom stereocenters. The van der Waals surface area contributed by atoms with Crippen LogP contribution in [-0.2, 0) is 6.54 Å². The molecular formula is C13H20ClFN2. The minimum absolute atomic E-state index is 0.207. The molecule has 0 heterocycles. The molecule has 1 aromatic carbocycles. The lowest BCUT2D eigenvalue weighted by Gasteiger charge is -2.17. The second-order valence-corrected chi connectivity index (χ2v) is 5.05. The quantitative estimate of drug-likeness (QED) is 0.844. The van der Waals surface area contributed by atoms with E-state index in [9.17, 15) is 4.39 Å². The molecule has 0 aliphatic carbocycles. The van der Waals surface area contributed by atoms with Gasteiger partial charge in [0.2, 0.25) is 0 Å². The van der Waals surface area contributed by atoms with Gasteiger partial charge in [-0.25, -0.2) is 4.39 Å². The lowest BCUT2D eigenvalue weighted by Crippen LogP contribution is -2.29. The molecule has 0 aliphatic rings. The molecule has 0 spiro atoms. The highest BCUT2D eigenvalue weighted by Crippen LogP contribution is 2.14. The van der Waals surface area contributed by atoms with Crippen molar-refractivity contribution < 1.29 is 4.39 Å². The van der Waals surface area contributed by atoms with Crippen LogP contribution in [0.3, 0.4) is 0 Å². The summed E-state index contributed by atoms with van der Waals surface area (Å²) in [5, 5.41) is 3.87. The number of hydrogen-bond donors (Lipinski definition) is 1. The average Bonchev–Trinajstić information content (AvgIpc) is 2.27. The largest absolute Gasteiger partial charge is 0.310 e. The van der Waals surface area contributed by atoms with Crippen molar-refractivity contribution in [2.75, 3.05) is 20.6 Å². The summed E-state index contributed by atoms with van der Waals surface area (Å²) >= 11 is 5.83. The Kier molecular flexibility index (Phi) is 5.89. The van der Waals surface area contributed by atoms with Crippen molar-refractivity contribution in [2.45, 2.75) is 25.9 Å². The molecule has 0 aromatic heterocycles. The number of nitrogens with one attached hydrogen (secondary N) is 1. The van der Waals surface area contributed by atoms with E-state index in [1.807, 2.05) is 14.1 Å². The third-order valence-electron chi connectivity index (χ3n) is 2.66. The third-order valence-corrected chi connectivity index (χ3v) is 2.89. The van der Waals surface area contributed by atoms with Gasteiger partial charge in [-0.15, -0.1) is 0 Å². The van der Waals surface area contributed by atoms with Gasteiger partial charge < -0.3 is 10.2 Å². The number of benzene rings is 1. The Hall–Kier alpha value is -0.640. The van der Waals surface area contributed by atoms with E-state index in [1.165, 1.54) is 6.07 Å². The van der Waals surface area contributed by atoms with Crippen LogP contribution < -0.4 is 5.32 Å². The van der Waals surface area contributed by atoms with Crippen LogP contribution in [0.5, 0.6) is 0 Å². The van der Waals surface area contributed by atoms with Crippen molar-refractivity contribution in [1.29, 1.82) is 0 Å². The number of nitrogens with zero attached hydrogens (tertiary/aromatic N) is 1. The van der Waals surface area contributed by atoms with Crippen molar-refractivity contribution in [3.8, 4) is 0 Å². The predicted octanol–water partition coefficient (Wildman–Crippen LogP) is 2.91. The first-order valence-corrected chi connectivity index (χ1v) is 6.19. The van der Waals surface area contributed by atoms with E-state index in [2.05, 4.69) is 17.1 Å². The van der Waals surface area contributed by atoms with E-state index in [0.717, 1.165) is 13.0 Å². The van der Waals surface area contributed by atoms with Gasteiger partial charge in [-0.05, 0) is 52.2 Å². The Morgan fingerprint density at radius 3 is 2.76 bits per heavy atom. The van der Waals surface area contributed by atoms with Crippen LogP contribution >= 0.6 is 11.6 Å². The SMILES string of the molecule is CC(CCN(C)C)NCc1cc(Cl)ccc1F. The monoisotopic (exact) mass is 258 g/mol. The van der Waals surface area contributed by atoms with Crippen LogP contribution in [0.25, 0.3) is 0 Å². The first-order chi connectivity index (χ1) is 7.99. The molecule has 0 saturated heterocycles. The topological polar surface area (TPSA) is 15.3 Å². The summed E-state index contributed by atoms with van der Waals surface area (Å²) in [7, 11) is 4.09. The summed E-state index contributed by atoms with van der Waals surface area (Å²) in [5.74, 6) is -0.207. The normalized spacial score (nSPS) is 13.1. The first-order valence-electron chi connectivity index (χ1n) is 5.81. The average molecular weight is 259 g/mol. The molecule has 0 bridgehead atoms. The fourth-order valence-electron chi connectivity index (χ4n) is 1.52. The molecule has 0 amide bonds. The number of halogens is 2. The minimum Gasteiger partial charge on any atom is -0.310 e. The Labute approximate surface area is 108 Å². The van der Waals surface area contributed by atoms with Crippen LogP contribution in [0.1, 0.15) is 18.9 Å². The van der Waals surface area contributed by atoms with Crippen LogP contribution in [-0.4, -0.2) is 31.6 Å². The summed E-state index contributed by atoms with van der Waals surface area (Å²) in [5.41, 5.74) is 0.620. The van der Waals surface area contributed by atoms with E-state index in [0.29, 0.717) is 23.2 Å². The second kappa shape index (κ2) is 6.94. The molecule has 1 N–H and O–H groups in total. The van der Waals surface area contributed by atoms with Gasteiger partial charge in [0.25, 0.3) is 0 Å². The zero-order valence-corrected chi connectivity index (χ0v) is 11.4. The summed E-state index contributed by atoms with van der Waals surface area (Å²) in [6, 6.07) is 5.00. The maximum absolute atomic E-state index is 13.4. The van der Waals surface area contributed by atoms with Gasteiger partial charge in [-0.1, -0.05) is 11.6 Å². The van der Waals surface area contributed by atoms with Gasteiger partial charge in [0.15, 0.2) is 0 Å². The van der Waals surface area contributed by atoms with E-state index in [1.54, 1.807) is 12.1 Å². The molecule has 4 heteroatoms. The zero-order valence-electron chi connectivity index (χ0n) is 10.6. The maximum atomic E-state index is 13.4. The van der Waals surface area contributed by atoms with E-state index >= 15 is 0 Å².